The van der Waals surface area contributed by atoms with Crippen molar-refractivity contribution in [1.82, 2.24) is 5.32 Å². The smallest absolute Gasteiger partial charge is 0.00442 e. The van der Waals surface area contributed by atoms with Gasteiger partial charge in [-0.1, -0.05) is 30.3 Å². The van der Waals surface area contributed by atoms with E-state index in [2.05, 4.69) is 23.9 Å². The number of hydrogen-bond donors (Lipinski definition) is 1. The van der Waals surface area contributed by atoms with E-state index in [1.165, 1.54) is 5.56 Å². The van der Waals surface area contributed by atoms with E-state index in [0.717, 1.165) is 6.54 Å². The summed E-state index contributed by atoms with van der Waals surface area (Å²) < 4.78 is 0. The minimum atomic E-state index is 0. The van der Waals surface area contributed by atoms with Crippen molar-refractivity contribution in [1.29, 1.82) is 0 Å². The van der Waals surface area contributed by atoms with E-state index in [1.807, 2.05) is 25.2 Å². The lowest BCUT2D eigenvalue weighted by Gasteiger charge is -1.97. The summed E-state index contributed by atoms with van der Waals surface area (Å²) in [7, 11) is 1.94. The van der Waals surface area contributed by atoms with Gasteiger partial charge in [-0.15, -0.1) is 12.4 Å². The zero-order valence-corrected chi connectivity index (χ0v) is 7.40. The first-order valence-electron chi connectivity index (χ1n) is 3.46. The van der Waals surface area contributed by atoms with Crippen LogP contribution >= 0.6 is 12.4 Å². The van der Waals surface area contributed by atoms with Gasteiger partial charge in [0.2, 0.25) is 0 Å². The zero-order chi connectivity index (χ0) is 7.23. The van der Waals surface area contributed by atoms with Gasteiger partial charge in [0.25, 0.3) is 0 Å². The Hall–Kier alpha value is -0.530. The van der Waals surface area contributed by atoms with Gasteiger partial charge in [0.15, 0.2) is 0 Å². The molecule has 0 saturated carbocycles. The highest BCUT2D eigenvalue weighted by Gasteiger charge is 1.87. The molecule has 61 valence electrons. The molecule has 2 heteroatoms. The molecule has 0 atom stereocenters. The molecular weight excluding hydrogens is 158 g/mol. The van der Waals surface area contributed by atoms with Crippen LogP contribution in [0.25, 0.3) is 0 Å². The summed E-state index contributed by atoms with van der Waals surface area (Å²) in [6, 6.07) is 10.3. The molecule has 1 aromatic carbocycles. The number of benzene rings is 1. The molecule has 0 saturated heterocycles. The van der Waals surface area contributed by atoms with Crippen molar-refractivity contribution < 1.29 is 0 Å². The second-order valence-corrected chi connectivity index (χ2v) is 2.17. The van der Waals surface area contributed by atoms with Crippen LogP contribution < -0.4 is 5.32 Å². The summed E-state index contributed by atoms with van der Waals surface area (Å²) >= 11 is 0. The predicted molar refractivity (Wildman–Crippen MR) is 51.0 cm³/mol. The Bertz CT molecular complexity index is 174. The largest absolute Gasteiger partial charge is 0.319 e. The van der Waals surface area contributed by atoms with Gasteiger partial charge >= 0.3 is 0 Å². The van der Waals surface area contributed by atoms with Crippen molar-refractivity contribution in [2.75, 3.05) is 13.6 Å². The Balaban J connectivity index is 0.000001000. The zero-order valence-electron chi connectivity index (χ0n) is 6.58. The average molecular weight is 171 g/mol. The van der Waals surface area contributed by atoms with E-state index < -0.39 is 0 Å². The third kappa shape index (κ3) is 4.02. The lowest BCUT2D eigenvalue weighted by Crippen LogP contribution is -2.08. The minimum absolute atomic E-state index is 0. The fourth-order valence-electron chi connectivity index (χ4n) is 0.809. The van der Waals surface area contributed by atoms with Gasteiger partial charge in [0, 0.05) is 13.0 Å². The average Bonchev–Trinajstić information content (AvgIpc) is 2.03. The molecule has 0 bridgehead atoms. The molecule has 1 nitrogen and oxygen atoms in total. The van der Waals surface area contributed by atoms with Crippen LogP contribution in [0.1, 0.15) is 5.56 Å². The lowest BCUT2D eigenvalue weighted by atomic mass is 10.2. The summed E-state index contributed by atoms with van der Waals surface area (Å²) in [5.41, 5.74) is 1.27. The monoisotopic (exact) mass is 170 g/mol. The molecule has 1 aromatic rings. The molecule has 0 spiro atoms. The highest BCUT2D eigenvalue weighted by atomic mass is 35.5. The molecule has 0 aliphatic rings. The van der Waals surface area contributed by atoms with Gasteiger partial charge in [-0.25, -0.2) is 0 Å². The van der Waals surface area contributed by atoms with Gasteiger partial charge in [-0.05, 0) is 12.6 Å². The van der Waals surface area contributed by atoms with E-state index in [1.54, 1.807) is 0 Å². The van der Waals surface area contributed by atoms with Gasteiger partial charge in [0.1, 0.15) is 0 Å². The number of hydrogen-bond acceptors (Lipinski definition) is 1. The van der Waals surface area contributed by atoms with Crippen molar-refractivity contribution in [2.24, 2.45) is 0 Å². The quantitative estimate of drug-likeness (QED) is 0.731. The maximum absolute atomic E-state index is 3.06. The Kier molecular flexibility index (Phi) is 5.90. The van der Waals surface area contributed by atoms with E-state index in [9.17, 15) is 0 Å². The van der Waals surface area contributed by atoms with Crippen LogP contribution in [-0.4, -0.2) is 13.6 Å². The normalized spacial score (nSPS) is 8.82. The summed E-state index contributed by atoms with van der Waals surface area (Å²) in [5, 5.41) is 3.06. The SMILES string of the molecule is CNC[CH]c1ccccc1.Cl. The van der Waals surface area contributed by atoms with Gasteiger partial charge in [-0.3, -0.25) is 0 Å². The molecule has 1 rings (SSSR count). The molecule has 0 amide bonds. The third-order valence-corrected chi connectivity index (χ3v) is 1.34. The van der Waals surface area contributed by atoms with Crippen LogP contribution in [0.3, 0.4) is 0 Å². The number of rotatable bonds is 3. The summed E-state index contributed by atoms with van der Waals surface area (Å²) in [6.07, 6.45) is 2.15. The molecule has 1 N–H and O–H groups in total. The van der Waals surface area contributed by atoms with Crippen molar-refractivity contribution in [3.05, 3.63) is 42.3 Å². The van der Waals surface area contributed by atoms with E-state index in [0.29, 0.717) is 0 Å². The standard InChI is InChI=1S/C9H12N.ClH/c1-10-8-7-9-5-3-2-4-6-9;/h2-7,10H,8H2,1H3;1H. The number of halogens is 1. The fourth-order valence-corrected chi connectivity index (χ4v) is 0.809. The highest BCUT2D eigenvalue weighted by molar-refractivity contribution is 5.85. The Morgan fingerprint density at radius 1 is 1.27 bits per heavy atom. The maximum atomic E-state index is 3.06. The summed E-state index contributed by atoms with van der Waals surface area (Å²) in [4.78, 5) is 0. The number of nitrogens with one attached hydrogen (secondary N) is 1. The van der Waals surface area contributed by atoms with Gasteiger partial charge in [0.05, 0.1) is 0 Å². The second kappa shape index (κ2) is 6.20. The fraction of sp³-hybridized carbons (Fsp3) is 0.222. The topological polar surface area (TPSA) is 12.0 Å². The minimum Gasteiger partial charge on any atom is -0.319 e. The van der Waals surface area contributed by atoms with Crippen LogP contribution in [-0.2, 0) is 0 Å². The first kappa shape index (κ1) is 10.5. The van der Waals surface area contributed by atoms with E-state index in [4.69, 9.17) is 0 Å². The van der Waals surface area contributed by atoms with Crippen molar-refractivity contribution in [3.63, 3.8) is 0 Å². The van der Waals surface area contributed by atoms with Gasteiger partial charge < -0.3 is 5.32 Å². The van der Waals surface area contributed by atoms with Crippen LogP contribution in [0.15, 0.2) is 30.3 Å². The van der Waals surface area contributed by atoms with Crippen molar-refractivity contribution in [3.8, 4) is 0 Å². The Morgan fingerprint density at radius 2 is 1.91 bits per heavy atom. The highest BCUT2D eigenvalue weighted by Crippen LogP contribution is 1.99. The van der Waals surface area contributed by atoms with E-state index >= 15 is 0 Å². The molecule has 0 aliphatic carbocycles. The molecule has 0 heterocycles. The predicted octanol–water partition coefficient (Wildman–Crippen LogP) is 1.88. The summed E-state index contributed by atoms with van der Waals surface area (Å²) in [6.45, 7) is 0.935. The summed E-state index contributed by atoms with van der Waals surface area (Å²) in [5.74, 6) is 0. The molecule has 0 aliphatic heterocycles. The Morgan fingerprint density at radius 3 is 2.45 bits per heavy atom. The van der Waals surface area contributed by atoms with Crippen LogP contribution in [0.2, 0.25) is 0 Å². The first-order valence-corrected chi connectivity index (χ1v) is 3.46. The Labute approximate surface area is 74.2 Å². The first-order chi connectivity index (χ1) is 4.93. The third-order valence-electron chi connectivity index (χ3n) is 1.34. The molecule has 11 heavy (non-hydrogen) atoms. The maximum Gasteiger partial charge on any atom is 0.00442 e. The van der Waals surface area contributed by atoms with Gasteiger partial charge in [-0.2, -0.15) is 0 Å². The molecule has 0 aromatic heterocycles. The van der Waals surface area contributed by atoms with Crippen molar-refractivity contribution >= 4 is 12.4 Å². The molecule has 0 unspecified atom stereocenters. The molecule has 1 radical (unpaired) electrons. The van der Waals surface area contributed by atoms with Crippen molar-refractivity contribution in [2.45, 2.75) is 0 Å². The van der Waals surface area contributed by atoms with Crippen LogP contribution in [0.5, 0.6) is 0 Å². The van der Waals surface area contributed by atoms with Crippen LogP contribution in [0, 0.1) is 6.42 Å². The number of likely N-dealkylation sites (N-methyl/N-ethyl adjacent to an activating group) is 1. The lowest BCUT2D eigenvalue weighted by molar-refractivity contribution is 0.886. The second-order valence-electron chi connectivity index (χ2n) is 2.17. The molecular formula is C9H13ClN. The van der Waals surface area contributed by atoms with Crippen LogP contribution in [0.4, 0.5) is 0 Å². The molecule has 0 fully saturated rings. The van der Waals surface area contributed by atoms with E-state index in [-0.39, 0.29) is 12.4 Å².